The first-order valence-electron chi connectivity index (χ1n) is 8.77. The molecule has 1 saturated carbocycles. The molecule has 3 nitrogen and oxygen atoms in total. The van der Waals surface area contributed by atoms with Crippen LogP contribution in [0.25, 0.3) is 0 Å². The first-order valence-corrected chi connectivity index (χ1v) is 8.77. The van der Waals surface area contributed by atoms with Gasteiger partial charge < -0.3 is 14.0 Å². The summed E-state index contributed by atoms with van der Waals surface area (Å²) in [7, 11) is 6.77. The van der Waals surface area contributed by atoms with Crippen LogP contribution in [0.4, 0.5) is 0 Å². The van der Waals surface area contributed by atoms with E-state index in [0.29, 0.717) is 6.04 Å². The molecule has 1 saturated heterocycles. The van der Waals surface area contributed by atoms with Gasteiger partial charge in [0.25, 0.3) is 0 Å². The van der Waals surface area contributed by atoms with Crippen molar-refractivity contribution in [2.24, 2.45) is 0 Å². The molecule has 1 unspecified atom stereocenters. The van der Waals surface area contributed by atoms with Crippen molar-refractivity contribution in [2.75, 3.05) is 21.1 Å². The third-order valence-corrected chi connectivity index (χ3v) is 5.46. The van der Waals surface area contributed by atoms with E-state index in [2.05, 4.69) is 69.7 Å². The van der Waals surface area contributed by atoms with Crippen LogP contribution < -0.4 is 0 Å². The zero-order valence-electron chi connectivity index (χ0n) is 14.7. The highest BCUT2D eigenvalue weighted by molar-refractivity contribution is 5.35. The summed E-state index contributed by atoms with van der Waals surface area (Å²) >= 11 is 0. The number of hydrogen-bond donors (Lipinski definition) is 0. The van der Waals surface area contributed by atoms with Crippen LogP contribution in [0.3, 0.4) is 0 Å². The standard InChI is InChI=1S/C21H26NO2/c1-22(2,3)18-14-19-20(15-18)24-21(23-19,16-10-6-4-7-11-16)17-12-8-5-9-13-17/h4-13,18-20H,14-15H2,1-3H3/q+1/t18?,19-,20+. The molecule has 0 amide bonds. The molecule has 2 aromatic carbocycles. The molecule has 126 valence electrons. The van der Waals surface area contributed by atoms with Crippen molar-refractivity contribution in [3.8, 4) is 0 Å². The van der Waals surface area contributed by atoms with Gasteiger partial charge in [0.1, 0.15) is 0 Å². The summed E-state index contributed by atoms with van der Waals surface area (Å²) in [5.41, 5.74) is 2.15. The Morgan fingerprint density at radius 2 is 1.17 bits per heavy atom. The lowest BCUT2D eigenvalue weighted by atomic mass is 9.97. The maximum Gasteiger partial charge on any atom is 0.223 e. The first kappa shape index (κ1) is 15.8. The normalized spacial score (nSPS) is 28.7. The maximum absolute atomic E-state index is 6.64. The fourth-order valence-corrected chi connectivity index (χ4v) is 4.02. The molecule has 0 aromatic heterocycles. The minimum atomic E-state index is -0.770. The average molecular weight is 324 g/mol. The second-order valence-corrected chi connectivity index (χ2v) is 7.90. The van der Waals surface area contributed by atoms with Gasteiger partial charge in [-0.3, -0.25) is 0 Å². The minimum Gasteiger partial charge on any atom is -0.336 e. The molecule has 2 fully saturated rings. The van der Waals surface area contributed by atoms with Crippen molar-refractivity contribution >= 4 is 0 Å². The highest BCUT2D eigenvalue weighted by Crippen LogP contribution is 2.48. The lowest BCUT2D eigenvalue weighted by Gasteiger charge is -2.34. The third-order valence-electron chi connectivity index (χ3n) is 5.46. The Morgan fingerprint density at radius 3 is 1.54 bits per heavy atom. The van der Waals surface area contributed by atoms with Crippen molar-refractivity contribution in [1.29, 1.82) is 0 Å². The van der Waals surface area contributed by atoms with E-state index in [4.69, 9.17) is 9.47 Å². The van der Waals surface area contributed by atoms with E-state index in [9.17, 15) is 0 Å². The van der Waals surface area contributed by atoms with Gasteiger partial charge in [-0.05, 0) is 0 Å². The lowest BCUT2D eigenvalue weighted by Crippen LogP contribution is -2.45. The Hall–Kier alpha value is -1.68. The summed E-state index contributed by atoms with van der Waals surface area (Å²) in [5.74, 6) is -0.770. The SMILES string of the molecule is C[N+](C)(C)C1C[C@@H]2OC(c3ccccc3)(c3ccccc3)O[C@@H]2C1. The van der Waals surface area contributed by atoms with E-state index in [1.807, 2.05) is 12.1 Å². The first-order chi connectivity index (χ1) is 11.5. The molecule has 2 aromatic rings. The molecule has 4 rings (SSSR count). The van der Waals surface area contributed by atoms with E-state index >= 15 is 0 Å². The number of ether oxygens (including phenoxy) is 2. The quantitative estimate of drug-likeness (QED) is 0.804. The average Bonchev–Trinajstić information content (AvgIpc) is 3.13. The van der Waals surface area contributed by atoms with Gasteiger partial charge >= 0.3 is 0 Å². The monoisotopic (exact) mass is 324 g/mol. The van der Waals surface area contributed by atoms with Gasteiger partial charge in [-0.15, -0.1) is 0 Å². The van der Waals surface area contributed by atoms with Crippen LogP contribution in [0.2, 0.25) is 0 Å². The van der Waals surface area contributed by atoms with E-state index in [-0.39, 0.29) is 12.2 Å². The van der Waals surface area contributed by atoms with Crippen molar-refractivity contribution in [3.63, 3.8) is 0 Å². The molecule has 1 heterocycles. The van der Waals surface area contributed by atoms with Gasteiger partial charge in [0.05, 0.1) is 39.4 Å². The number of quaternary nitrogens is 1. The van der Waals surface area contributed by atoms with E-state index in [0.717, 1.165) is 28.5 Å². The fraction of sp³-hybridized carbons (Fsp3) is 0.429. The highest BCUT2D eigenvalue weighted by Gasteiger charge is 2.55. The number of hydrogen-bond acceptors (Lipinski definition) is 2. The zero-order chi connectivity index (χ0) is 16.8. The Labute approximate surface area is 144 Å². The molecule has 24 heavy (non-hydrogen) atoms. The number of fused-ring (bicyclic) bond motifs is 1. The molecule has 1 aliphatic carbocycles. The molecule has 3 atom stereocenters. The van der Waals surface area contributed by atoms with Gasteiger partial charge in [0.2, 0.25) is 5.79 Å². The topological polar surface area (TPSA) is 18.5 Å². The molecule has 0 radical (unpaired) electrons. The lowest BCUT2D eigenvalue weighted by molar-refractivity contribution is -0.895. The molecule has 0 bridgehead atoms. The van der Waals surface area contributed by atoms with Gasteiger partial charge in [-0.1, -0.05) is 60.7 Å². The summed E-state index contributed by atoms with van der Waals surface area (Å²) in [6, 6.07) is 21.3. The largest absolute Gasteiger partial charge is 0.336 e. The summed E-state index contributed by atoms with van der Waals surface area (Å²) < 4.78 is 14.2. The summed E-state index contributed by atoms with van der Waals surface area (Å²) in [5, 5.41) is 0. The van der Waals surface area contributed by atoms with Crippen LogP contribution in [-0.4, -0.2) is 43.9 Å². The summed E-state index contributed by atoms with van der Waals surface area (Å²) in [6.07, 6.45) is 2.42. The Kier molecular flexibility index (Phi) is 3.75. The van der Waals surface area contributed by atoms with E-state index in [1.165, 1.54) is 0 Å². The summed E-state index contributed by atoms with van der Waals surface area (Å²) in [4.78, 5) is 0. The van der Waals surface area contributed by atoms with Gasteiger partial charge in [-0.2, -0.15) is 0 Å². The van der Waals surface area contributed by atoms with Crippen LogP contribution in [-0.2, 0) is 15.3 Å². The van der Waals surface area contributed by atoms with Crippen molar-refractivity contribution < 1.29 is 14.0 Å². The number of nitrogens with zero attached hydrogens (tertiary/aromatic N) is 1. The van der Waals surface area contributed by atoms with E-state index in [1.54, 1.807) is 0 Å². The van der Waals surface area contributed by atoms with Crippen LogP contribution in [0, 0.1) is 0 Å². The van der Waals surface area contributed by atoms with Crippen LogP contribution in [0.1, 0.15) is 24.0 Å². The van der Waals surface area contributed by atoms with Crippen LogP contribution in [0.5, 0.6) is 0 Å². The van der Waals surface area contributed by atoms with Crippen molar-refractivity contribution in [3.05, 3.63) is 71.8 Å². The predicted octanol–water partition coefficient (Wildman–Crippen LogP) is 3.54. The Balaban J connectivity index is 1.69. The molecular formula is C21H26NO2+. The molecule has 0 N–H and O–H groups in total. The molecule has 0 spiro atoms. The zero-order valence-corrected chi connectivity index (χ0v) is 14.7. The predicted molar refractivity (Wildman–Crippen MR) is 94.5 cm³/mol. The van der Waals surface area contributed by atoms with Gasteiger partial charge in [-0.25, -0.2) is 0 Å². The third kappa shape index (κ3) is 2.57. The molecule has 2 aliphatic rings. The fourth-order valence-electron chi connectivity index (χ4n) is 4.02. The molecule has 1 aliphatic heterocycles. The highest BCUT2D eigenvalue weighted by atomic mass is 16.8. The number of benzene rings is 2. The van der Waals surface area contributed by atoms with E-state index < -0.39 is 5.79 Å². The van der Waals surface area contributed by atoms with Crippen molar-refractivity contribution in [1.82, 2.24) is 0 Å². The Morgan fingerprint density at radius 1 is 0.750 bits per heavy atom. The Bertz CT molecular complexity index is 637. The van der Waals surface area contributed by atoms with Gasteiger partial charge in [0, 0.05) is 24.0 Å². The molecular weight excluding hydrogens is 298 g/mol. The maximum atomic E-state index is 6.64. The minimum absolute atomic E-state index is 0.160. The molecule has 3 heteroatoms. The summed E-state index contributed by atoms with van der Waals surface area (Å²) in [6.45, 7) is 0. The second-order valence-electron chi connectivity index (χ2n) is 7.90. The second kappa shape index (κ2) is 5.69. The van der Waals surface area contributed by atoms with Gasteiger partial charge in [0.15, 0.2) is 0 Å². The van der Waals surface area contributed by atoms with Crippen LogP contribution >= 0.6 is 0 Å². The van der Waals surface area contributed by atoms with Crippen LogP contribution in [0.15, 0.2) is 60.7 Å². The smallest absolute Gasteiger partial charge is 0.223 e. The van der Waals surface area contributed by atoms with Crippen molar-refractivity contribution in [2.45, 2.75) is 36.9 Å². The number of rotatable bonds is 3.